The standard InChI is InChI=1S/C21H21ClN4S2/c1-3-14-4-5-16-17(11-14)27-20(23-16)25-6-8-26(9-7-25)21-24-19-13(2)10-15(22)12-18(19)28-21/h4-5,10-12H,3,6-9H2,1-2H3. The normalized spacial score (nSPS) is 15.1. The highest BCUT2D eigenvalue weighted by atomic mass is 35.5. The molecule has 1 aliphatic heterocycles. The number of thiazole rings is 2. The van der Waals surface area contributed by atoms with Crippen molar-refractivity contribution >= 4 is 65.0 Å². The maximum Gasteiger partial charge on any atom is 0.186 e. The third-order valence-electron chi connectivity index (χ3n) is 5.31. The number of aryl methyl sites for hydroxylation is 2. The molecular weight excluding hydrogens is 408 g/mol. The molecule has 3 heterocycles. The first-order chi connectivity index (χ1) is 13.6. The van der Waals surface area contributed by atoms with E-state index in [1.54, 1.807) is 22.7 Å². The van der Waals surface area contributed by atoms with Crippen molar-refractivity contribution in [3.05, 3.63) is 46.5 Å². The number of hydrogen-bond donors (Lipinski definition) is 0. The van der Waals surface area contributed by atoms with Gasteiger partial charge in [0.05, 0.1) is 20.4 Å². The number of fused-ring (bicyclic) bond motifs is 2. The van der Waals surface area contributed by atoms with Crippen LogP contribution in [0.15, 0.2) is 30.3 Å². The van der Waals surface area contributed by atoms with Crippen LogP contribution in [0.3, 0.4) is 0 Å². The molecule has 2 aromatic carbocycles. The summed E-state index contributed by atoms with van der Waals surface area (Å²) in [6, 6.07) is 10.6. The number of piperazine rings is 1. The minimum atomic E-state index is 0.784. The largest absolute Gasteiger partial charge is 0.345 e. The van der Waals surface area contributed by atoms with Crippen LogP contribution in [0.25, 0.3) is 20.4 Å². The molecule has 0 saturated carbocycles. The fourth-order valence-corrected chi connectivity index (χ4v) is 6.23. The van der Waals surface area contributed by atoms with E-state index >= 15 is 0 Å². The second kappa shape index (κ2) is 7.17. The zero-order valence-corrected chi connectivity index (χ0v) is 18.3. The van der Waals surface area contributed by atoms with Gasteiger partial charge in [0.2, 0.25) is 0 Å². The fourth-order valence-electron chi connectivity index (χ4n) is 3.68. The van der Waals surface area contributed by atoms with Crippen LogP contribution >= 0.6 is 34.3 Å². The van der Waals surface area contributed by atoms with E-state index in [2.05, 4.69) is 41.8 Å². The summed E-state index contributed by atoms with van der Waals surface area (Å²) < 4.78 is 2.45. The third-order valence-corrected chi connectivity index (χ3v) is 7.67. The van der Waals surface area contributed by atoms with Crippen LogP contribution in [-0.4, -0.2) is 36.1 Å². The van der Waals surface area contributed by atoms with E-state index in [1.165, 1.54) is 15.0 Å². The van der Waals surface area contributed by atoms with Crippen LogP contribution < -0.4 is 9.80 Å². The van der Waals surface area contributed by atoms with Crippen LogP contribution in [0.2, 0.25) is 5.02 Å². The van der Waals surface area contributed by atoms with Crippen molar-refractivity contribution in [1.82, 2.24) is 9.97 Å². The van der Waals surface area contributed by atoms with Gasteiger partial charge < -0.3 is 9.80 Å². The predicted octanol–water partition coefficient (Wildman–Crippen LogP) is 5.76. The molecule has 0 unspecified atom stereocenters. The summed E-state index contributed by atoms with van der Waals surface area (Å²) in [5.74, 6) is 0. The van der Waals surface area contributed by atoms with Crippen LogP contribution in [0.1, 0.15) is 18.1 Å². The molecule has 1 aliphatic rings. The van der Waals surface area contributed by atoms with Gasteiger partial charge in [-0.2, -0.15) is 0 Å². The molecule has 1 saturated heterocycles. The lowest BCUT2D eigenvalue weighted by Crippen LogP contribution is -2.46. The first-order valence-electron chi connectivity index (χ1n) is 9.57. The Morgan fingerprint density at radius 3 is 2.32 bits per heavy atom. The zero-order chi connectivity index (χ0) is 19.3. The summed E-state index contributed by atoms with van der Waals surface area (Å²) in [6.07, 6.45) is 1.06. The smallest absolute Gasteiger partial charge is 0.186 e. The summed E-state index contributed by atoms with van der Waals surface area (Å²) in [4.78, 5) is 14.5. The van der Waals surface area contributed by atoms with Gasteiger partial charge in [-0.1, -0.05) is 47.3 Å². The molecule has 0 amide bonds. The van der Waals surface area contributed by atoms with Crippen molar-refractivity contribution in [2.24, 2.45) is 0 Å². The lowest BCUT2D eigenvalue weighted by atomic mass is 10.2. The minimum absolute atomic E-state index is 0.784. The molecule has 7 heteroatoms. The van der Waals surface area contributed by atoms with E-state index in [4.69, 9.17) is 21.6 Å². The second-order valence-corrected chi connectivity index (χ2v) is 9.65. The highest BCUT2D eigenvalue weighted by molar-refractivity contribution is 7.22. The lowest BCUT2D eigenvalue weighted by molar-refractivity contribution is 0.651. The first-order valence-corrected chi connectivity index (χ1v) is 11.6. The quantitative estimate of drug-likeness (QED) is 0.415. The summed E-state index contributed by atoms with van der Waals surface area (Å²) in [6.45, 7) is 8.13. The van der Waals surface area contributed by atoms with Gasteiger partial charge in [0.1, 0.15) is 0 Å². The van der Waals surface area contributed by atoms with E-state index in [-0.39, 0.29) is 0 Å². The number of nitrogens with zero attached hydrogens (tertiary/aromatic N) is 4. The Balaban J connectivity index is 1.34. The summed E-state index contributed by atoms with van der Waals surface area (Å²) >= 11 is 9.75. The molecule has 4 nitrogen and oxygen atoms in total. The van der Waals surface area contributed by atoms with Gasteiger partial charge >= 0.3 is 0 Å². The monoisotopic (exact) mass is 428 g/mol. The maximum absolute atomic E-state index is 6.21. The topological polar surface area (TPSA) is 32.3 Å². The van der Waals surface area contributed by atoms with E-state index in [0.717, 1.165) is 64.5 Å². The summed E-state index contributed by atoms with van der Waals surface area (Å²) in [5, 5.41) is 3.01. The Morgan fingerprint density at radius 2 is 1.61 bits per heavy atom. The molecule has 4 aromatic rings. The number of halogens is 1. The van der Waals surface area contributed by atoms with Crippen molar-refractivity contribution in [3.63, 3.8) is 0 Å². The Morgan fingerprint density at radius 1 is 0.929 bits per heavy atom. The average Bonchev–Trinajstić information content (AvgIpc) is 3.31. The van der Waals surface area contributed by atoms with Gasteiger partial charge in [0, 0.05) is 31.2 Å². The van der Waals surface area contributed by atoms with Crippen LogP contribution in [0, 0.1) is 6.92 Å². The highest BCUT2D eigenvalue weighted by Gasteiger charge is 2.22. The number of hydrogen-bond acceptors (Lipinski definition) is 6. The van der Waals surface area contributed by atoms with Gasteiger partial charge in [0.25, 0.3) is 0 Å². The average molecular weight is 429 g/mol. The predicted molar refractivity (Wildman–Crippen MR) is 123 cm³/mol. The molecule has 0 aliphatic carbocycles. The molecule has 0 spiro atoms. The van der Waals surface area contributed by atoms with Crippen molar-refractivity contribution < 1.29 is 0 Å². The lowest BCUT2D eigenvalue weighted by Gasteiger charge is -2.34. The number of anilines is 2. The molecule has 1 fully saturated rings. The molecule has 28 heavy (non-hydrogen) atoms. The van der Waals surface area contributed by atoms with E-state index < -0.39 is 0 Å². The van der Waals surface area contributed by atoms with Crippen LogP contribution in [0.5, 0.6) is 0 Å². The molecule has 5 rings (SSSR count). The van der Waals surface area contributed by atoms with Gasteiger partial charge in [0.15, 0.2) is 10.3 Å². The minimum Gasteiger partial charge on any atom is -0.345 e. The van der Waals surface area contributed by atoms with Crippen LogP contribution in [0.4, 0.5) is 10.3 Å². The Labute approximate surface area is 177 Å². The fraction of sp³-hybridized carbons (Fsp3) is 0.333. The van der Waals surface area contributed by atoms with Gasteiger partial charge in [-0.15, -0.1) is 0 Å². The first kappa shape index (κ1) is 18.2. The van der Waals surface area contributed by atoms with Crippen molar-refractivity contribution in [2.45, 2.75) is 20.3 Å². The summed E-state index contributed by atoms with van der Waals surface area (Å²) in [7, 11) is 0. The van der Waals surface area contributed by atoms with Crippen molar-refractivity contribution in [2.75, 3.05) is 36.0 Å². The Hall–Kier alpha value is -1.89. The number of benzene rings is 2. The molecule has 0 N–H and O–H groups in total. The maximum atomic E-state index is 6.21. The molecule has 0 atom stereocenters. The Kier molecular flexibility index (Phi) is 4.65. The van der Waals surface area contributed by atoms with E-state index in [1.807, 2.05) is 12.1 Å². The molecule has 2 aromatic heterocycles. The second-order valence-electron chi connectivity index (χ2n) is 7.19. The molecular formula is C21H21ClN4S2. The third kappa shape index (κ3) is 3.23. The number of rotatable bonds is 3. The van der Waals surface area contributed by atoms with E-state index in [9.17, 15) is 0 Å². The van der Waals surface area contributed by atoms with Gasteiger partial charge in [-0.25, -0.2) is 9.97 Å². The highest BCUT2D eigenvalue weighted by Crippen LogP contribution is 2.35. The molecule has 0 radical (unpaired) electrons. The SMILES string of the molecule is CCc1ccc2nc(N3CCN(c4nc5c(C)cc(Cl)cc5s4)CC3)sc2c1. The van der Waals surface area contributed by atoms with Gasteiger partial charge in [-0.05, 0) is 48.7 Å². The number of aromatic nitrogens is 2. The molecule has 0 bridgehead atoms. The van der Waals surface area contributed by atoms with Gasteiger partial charge in [-0.3, -0.25) is 0 Å². The Bertz CT molecular complexity index is 1160. The van der Waals surface area contributed by atoms with Crippen LogP contribution in [-0.2, 0) is 6.42 Å². The van der Waals surface area contributed by atoms with E-state index in [0.29, 0.717) is 0 Å². The summed E-state index contributed by atoms with van der Waals surface area (Å²) in [5.41, 5.74) is 4.70. The molecule has 144 valence electrons. The zero-order valence-electron chi connectivity index (χ0n) is 15.9. The van der Waals surface area contributed by atoms with Crippen molar-refractivity contribution in [1.29, 1.82) is 0 Å². The van der Waals surface area contributed by atoms with Crippen molar-refractivity contribution in [3.8, 4) is 0 Å².